The van der Waals surface area contributed by atoms with Gasteiger partial charge in [-0.2, -0.15) is 0 Å². The molecule has 0 spiro atoms. The van der Waals surface area contributed by atoms with Crippen molar-refractivity contribution in [1.29, 1.82) is 0 Å². The number of esters is 2. The summed E-state index contributed by atoms with van der Waals surface area (Å²) < 4.78 is 18.0. The second-order valence-electron chi connectivity index (χ2n) is 3.41. The van der Waals surface area contributed by atoms with Gasteiger partial charge in [0, 0.05) is 13.8 Å². The third kappa shape index (κ3) is 12.3. The number of ether oxygens (including phenoxy) is 4. The van der Waals surface area contributed by atoms with Crippen LogP contribution in [0.4, 0.5) is 4.79 Å². The fourth-order valence-corrected chi connectivity index (χ4v) is 0.893. The smallest absolute Gasteiger partial charge is 0.461 e. The first-order valence-corrected chi connectivity index (χ1v) is 5.82. The fourth-order valence-electron chi connectivity index (χ4n) is 0.893. The third-order valence-electron chi connectivity index (χ3n) is 1.70. The number of cyclic esters (lactones) is 2. The van der Waals surface area contributed by atoms with Crippen LogP contribution in [0.3, 0.4) is 0 Å². The molecule has 1 heterocycles. The minimum absolute atomic E-state index is 0.0654. The maximum absolute atomic E-state index is 10.4. The molecule has 1 fully saturated rings. The van der Waals surface area contributed by atoms with Crippen molar-refractivity contribution in [2.75, 3.05) is 26.4 Å². The first kappa shape index (κ1) is 18.5. The molecule has 1 aliphatic heterocycles. The van der Waals surface area contributed by atoms with Gasteiger partial charge in [-0.15, -0.1) is 0 Å². The van der Waals surface area contributed by atoms with Crippen molar-refractivity contribution in [2.24, 2.45) is 0 Å². The van der Waals surface area contributed by atoms with Crippen LogP contribution in [-0.4, -0.2) is 49.6 Å². The molecule has 0 radical (unpaired) electrons. The normalized spacial score (nSPS) is 13.9. The lowest BCUT2D eigenvalue weighted by Crippen LogP contribution is -1.99. The summed E-state index contributed by atoms with van der Waals surface area (Å²) in [4.78, 5) is 30.7. The van der Waals surface area contributed by atoms with E-state index >= 15 is 0 Å². The van der Waals surface area contributed by atoms with Gasteiger partial charge in [0.2, 0.25) is 0 Å². The standard InChI is InChI=1S/C7H8O5.C6H8O3/c1-5(8)10-3-2-6-4-11-7(9)12-6;1-6(8)9-5-3-2-4-7/h2H,3-4H2,1H3;7H,4-5H2,1H3/b6-2+;. The Morgan fingerprint density at radius 1 is 1.29 bits per heavy atom. The highest BCUT2D eigenvalue weighted by atomic mass is 16.8. The summed E-state index contributed by atoms with van der Waals surface area (Å²) in [6.07, 6.45) is 0.760. The zero-order chi connectivity index (χ0) is 16.1. The highest BCUT2D eigenvalue weighted by molar-refractivity contribution is 5.66. The van der Waals surface area contributed by atoms with E-state index in [4.69, 9.17) is 5.11 Å². The molecule has 0 aliphatic carbocycles. The molecule has 0 saturated carbocycles. The van der Waals surface area contributed by atoms with Gasteiger partial charge in [0.05, 0.1) is 0 Å². The van der Waals surface area contributed by atoms with Crippen molar-refractivity contribution in [3.05, 3.63) is 11.8 Å². The van der Waals surface area contributed by atoms with E-state index in [-0.39, 0.29) is 38.4 Å². The van der Waals surface area contributed by atoms with E-state index < -0.39 is 6.16 Å². The Labute approximate surface area is 121 Å². The highest BCUT2D eigenvalue weighted by Gasteiger charge is 2.17. The molecule has 0 aromatic rings. The average Bonchev–Trinajstić information content (AvgIpc) is 2.81. The van der Waals surface area contributed by atoms with Gasteiger partial charge in [0.15, 0.2) is 13.2 Å². The molecule has 0 amide bonds. The quantitative estimate of drug-likeness (QED) is 0.445. The molecule has 0 bridgehead atoms. The number of aliphatic hydroxyl groups excluding tert-OH is 1. The van der Waals surface area contributed by atoms with Gasteiger partial charge in [-0.1, -0.05) is 11.8 Å². The molecular weight excluding hydrogens is 284 g/mol. The summed E-state index contributed by atoms with van der Waals surface area (Å²) >= 11 is 0. The van der Waals surface area contributed by atoms with Gasteiger partial charge in [-0.05, 0) is 6.08 Å². The highest BCUT2D eigenvalue weighted by Crippen LogP contribution is 2.08. The lowest BCUT2D eigenvalue weighted by atomic mass is 10.5. The SMILES string of the molecule is CC(=O)OC/C=C1\COC(=O)O1.CC(=O)OCC#CCO. The van der Waals surface area contributed by atoms with Crippen molar-refractivity contribution >= 4 is 18.1 Å². The predicted octanol–water partition coefficient (Wildman–Crippen LogP) is 0.145. The van der Waals surface area contributed by atoms with E-state index in [1.165, 1.54) is 19.9 Å². The van der Waals surface area contributed by atoms with Crippen molar-refractivity contribution < 1.29 is 38.4 Å². The largest absolute Gasteiger partial charge is 0.514 e. The average molecular weight is 300 g/mol. The number of hydrogen-bond donors (Lipinski definition) is 1. The summed E-state index contributed by atoms with van der Waals surface area (Å²) in [7, 11) is 0. The Bertz CT molecular complexity index is 455. The van der Waals surface area contributed by atoms with Crippen LogP contribution in [0.5, 0.6) is 0 Å². The molecule has 8 heteroatoms. The Kier molecular flexibility index (Phi) is 9.95. The minimum Gasteiger partial charge on any atom is -0.461 e. The Hall–Kier alpha value is -2.53. The minimum atomic E-state index is -0.718. The zero-order valence-corrected chi connectivity index (χ0v) is 11.7. The summed E-state index contributed by atoms with van der Waals surface area (Å²) in [6, 6.07) is 0. The topological polar surface area (TPSA) is 108 Å². The molecule has 0 unspecified atom stereocenters. The number of aliphatic hydroxyl groups is 1. The molecule has 0 atom stereocenters. The molecule has 116 valence electrons. The van der Waals surface area contributed by atoms with Crippen molar-refractivity contribution in [3.8, 4) is 11.8 Å². The van der Waals surface area contributed by atoms with E-state index in [2.05, 4.69) is 30.8 Å². The lowest BCUT2D eigenvalue weighted by molar-refractivity contribution is -0.140. The van der Waals surface area contributed by atoms with Crippen LogP contribution in [-0.2, 0) is 28.5 Å². The summed E-state index contributed by atoms with van der Waals surface area (Å²) in [5.74, 6) is 4.39. The maximum Gasteiger partial charge on any atom is 0.514 e. The Morgan fingerprint density at radius 2 is 1.95 bits per heavy atom. The number of carbonyl (C=O) groups is 3. The van der Waals surface area contributed by atoms with Gasteiger partial charge < -0.3 is 24.1 Å². The summed E-state index contributed by atoms with van der Waals surface area (Å²) in [5.41, 5.74) is 0. The van der Waals surface area contributed by atoms with Crippen LogP contribution in [0.1, 0.15) is 13.8 Å². The Morgan fingerprint density at radius 3 is 2.43 bits per heavy atom. The van der Waals surface area contributed by atoms with Crippen molar-refractivity contribution in [3.63, 3.8) is 0 Å². The van der Waals surface area contributed by atoms with Crippen molar-refractivity contribution in [2.45, 2.75) is 13.8 Å². The van der Waals surface area contributed by atoms with Gasteiger partial charge in [-0.3, -0.25) is 9.59 Å². The van der Waals surface area contributed by atoms with Gasteiger partial charge in [0.1, 0.15) is 19.0 Å². The first-order valence-electron chi connectivity index (χ1n) is 5.82. The summed E-state index contributed by atoms with van der Waals surface area (Å²) in [6.45, 7) is 2.69. The van der Waals surface area contributed by atoms with E-state index in [9.17, 15) is 14.4 Å². The van der Waals surface area contributed by atoms with Crippen LogP contribution in [0.25, 0.3) is 0 Å². The van der Waals surface area contributed by atoms with Crippen LogP contribution >= 0.6 is 0 Å². The summed E-state index contributed by atoms with van der Waals surface area (Å²) in [5, 5.41) is 8.12. The van der Waals surface area contributed by atoms with E-state index in [0.717, 1.165) is 0 Å². The monoisotopic (exact) mass is 300 g/mol. The Balaban J connectivity index is 0.000000400. The second-order valence-corrected chi connectivity index (χ2v) is 3.41. The van der Waals surface area contributed by atoms with Gasteiger partial charge in [-0.25, -0.2) is 4.79 Å². The van der Waals surface area contributed by atoms with Crippen molar-refractivity contribution in [1.82, 2.24) is 0 Å². The molecule has 8 nitrogen and oxygen atoms in total. The molecule has 1 saturated heterocycles. The molecular formula is C13H16O8. The van der Waals surface area contributed by atoms with E-state index in [1.807, 2.05) is 0 Å². The zero-order valence-electron chi connectivity index (χ0n) is 11.7. The molecule has 21 heavy (non-hydrogen) atoms. The lowest BCUT2D eigenvalue weighted by Gasteiger charge is -1.95. The third-order valence-corrected chi connectivity index (χ3v) is 1.70. The number of rotatable bonds is 3. The van der Waals surface area contributed by atoms with Crippen LogP contribution in [0.15, 0.2) is 11.8 Å². The van der Waals surface area contributed by atoms with E-state index in [0.29, 0.717) is 5.76 Å². The van der Waals surface area contributed by atoms with Gasteiger partial charge in [0.25, 0.3) is 0 Å². The maximum atomic E-state index is 10.4. The van der Waals surface area contributed by atoms with Crippen LogP contribution in [0.2, 0.25) is 0 Å². The number of hydrogen-bond acceptors (Lipinski definition) is 8. The predicted molar refractivity (Wildman–Crippen MR) is 68.6 cm³/mol. The second kappa shape index (κ2) is 11.3. The first-order chi connectivity index (χ1) is 9.95. The fraction of sp³-hybridized carbons (Fsp3) is 0.462. The number of carbonyl (C=O) groups excluding carboxylic acids is 3. The molecule has 0 aromatic carbocycles. The van der Waals surface area contributed by atoms with E-state index in [1.54, 1.807) is 0 Å². The van der Waals surface area contributed by atoms with Crippen LogP contribution < -0.4 is 0 Å². The van der Waals surface area contributed by atoms with Crippen LogP contribution in [0, 0.1) is 11.8 Å². The molecule has 1 aliphatic rings. The molecule has 0 aromatic heterocycles. The molecule has 1 N–H and O–H groups in total. The van der Waals surface area contributed by atoms with Gasteiger partial charge >= 0.3 is 18.1 Å². The molecule has 1 rings (SSSR count).